The van der Waals surface area contributed by atoms with Gasteiger partial charge in [0.2, 0.25) is 0 Å². The summed E-state index contributed by atoms with van der Waals surface area (Å²) in [5.41, 5.74) is 5.42. The molecule has 0 atom stereocenters. The third-order valence-electron chi connectivity index (χ3n) is 4.54. The third-order valence-corrected chi connectivity index (χ3v) is 4.54. The van der Waals surface area contributed by atoms with Crippen molar-refractivity contribution in [3.8, 4) is 5.75 Å². The van der Waals surface area contributed by atoms with Gasteiger partial charge in [-0.2, -0.15) is 0 Å². The molecule has 0 aliphatic rings. The van der Waals surface area contributed by atoms with E-state index in [0.717, 1.165) is 28.2 Å². The molecule has 0 aliphatic carbocycles. The van der Waals surface area contributed by atoms with Crippen LogP contribution in [0.25, 0.3) is 5.65 Å². The monoisotopic (exact) mass is 371 g/mol. The molecule has 0 unspecified atom stereocenters. The van der Waals surface area contributed by atoms with Crippen molar-refractivity contribution in [2.24, 2.45) is 0 Å². The molecule has 0 spiro atoms. The van der Waals surface area contributed by atoms with E-state index in [4.69, 9.17) is 4.74 Å². The number of rotatable bonds is 5. The summed E-state index contributed by atoms with van der Waals surface area (Å²) < 4.78 is 7.81. The van der Waals surface area contributed by atoms with E-state index < -0.39 is 0 Å². The molecule has 2 aromatic heterocycles. The van der Waals surface area contributed by atoms with Gasteiger partial charge in [0.25, 0.3) is 5.91 Å². The molecule has 0 radical (unpaired) electrons. The van der Waals surface area contributed by atoms with Gasteiger partial charge in [-0.1, -0.05) is 23.8 Å². The first kappa shape index (κ1) is 17.8. The summed E-state index contributed by atoms with van der Waals surface area (Å²) in [5.74, 6) is 0.548. The first-order valence-electron chi connectivity index (χ1n) is 9.12. The van der Waals surface area contributed by atoms with Crippen molar-refractivity contribution in [1.29, 1.82) is 0 Å². The van der Waals surface area contributed by atoms with Crippen molar-refractivity contribution >= 4 is 17.2 Å². The molecule has 1 amide bonds. The van der Waals surface area contributed by atoms with Gasteiger partial charge in [-0.15, -0.1) is 0 Å². The van der Waals surface area contributed by atoms with Gasteiger partial charge in [0.1, 0.15) is 18.0 Å². The Morgan fingerprint density at radius 3 is 2.50 bits per heavy atom. The van der Waals surface area contributed by atoms with E-state index in [-0.39, 0.29) is 5.91 Å². The maximum Gasteiger partial charge on any atom is 0.255 e. The second kappa shape index (κ2) is 7.56. The predicted molar refractivity (Wildman–Crippen MR) is 110 cm³/mol. The van der Waals surface area contributed by atoms with Gasteiger partial charge in [-0.3, -0.25) is 4.79 Å². The Labute approximate surface area is 163 Å². The SMILES string of the molecule is Cc1ccc(NC(=O)c2ccc(OCc3cn4cccc(C)c4n3)cc2)cc1. The van der Waals surface area contributed by atoms with Crippen LogP contribution in [0.5, 0.6) is 5.75 Å². The summed E-state index contributed by atoms with van der Waals surface area (Å²) in [5, 5.41) is 2.89. The summed E-state index contributed by atoms with van der Waals surface area (Å²) in [6.07, 6.45) is 3.94. The second-order valence-electron chi connectivity index (χ2n) is 6.79. The summed E-state index contributed by atoms with van der Waals surface area (Å²) in [6, 6.07) is 18.8. The lowest BCUT2D eigenvalue weighted by atomic mass is 10.2. The molecule has 5 heteroatoms. The summed E-state index contributed by atoms with van der Waals surface area (Å²) in [7, 11) is 0. The minimum atomic E-state index is -0.147. The Hall–Kier alpha value is -3.60. The Morgan fingerprint density at radius 2 is 1.79 bits per heavy atom. The molecule has 0 aliphatic heterocycles. The number of hydrogen-bond donors (Lipinski definition) is 1. The van der Waals surface area contributed by atoms with Crippen LogP contribution in [-0.2, 0) is 6.61 Å². The maximum absolute atomic E-state index is 12.4. The lowest BCUT2D eigenvalue weighted by Crippen LogP contribution is -2.11. The van der Waals surface area contributed by atoms with Gasteiger partial charge >= 0.3 is 0 Å². The summed E-state index contributed by atoms with van der Waals surface area (Å²) in [4.78, 5) is 17.0. The second-order valence-corrected chi connectivity index (χ2v) is 6.79. The number of benzene rings is 2. The van der Waals surface area contributed by atoms with Gasteiger partial charge in [-0.05, 0) is 61.9 Å². The highest BCUT2D eigenvalue weighted by molar-refractivity contribution is 6.04. The lowest BCUT2D eigenvalue weighted by Gasteiger charge is -2.07. The number of ether oxygens (including phenoxy) is 1. The molecular formula is C23H21N3O2. The molecule has 0 saturated heterocycles. The van der Waals surface area contributed by atoms with Crippen molar-refractivity contribution in [2.75, 3.05) is 5.32 Å². The number of amides is 1. The van der Waals surface area contributed by atoms with Gasteiger partial charge in [0.15, 0.2) is 0 Å². The largest absolute Gasteiger partial charge is 0.487 e. The van der Waals surface area contributed by atoms with Crippen LogP contribution in [0.1, 0.15) is 27.2 Å². The minimum absolute atomic E-state index is 0.147. The van der Waals surface area contributed by atoms with Crippen LogP contribution < -0.4 is 10.1 Å². The molecule has 0 saturated carbocycles. The van der Waals surface area contributed by atoms with Crippen LogP contribution in [0.4, 0.5) is 5.69 Å². The molecule has 5 nitrogen and oxygen atoms in total. The molecule has 4 aromatic rings. The van der Waals surface area contributed by atoms with Crippen molar-refractivity contribution in [3.63, 3.8) is 0 Å². The highest BCUT2D eigenvalue weighted by Gasteiger charge is 2.08. The predicted octanol–water partition coefficient (Wildman–Crippen LogP) is 4.78. The zero-order chi connectivity index (χ0) is 19.5. The number of carbonyl (C=O) groups is 1. The van der Waals surface area contributed by atoms with Crippen LogP contribution in [0.3, 0.4) is 0 Å². The van der Waals surface area contributed by atoms with Crippen molar-refractivity contribution < 1.29 is 9.53 Å². The van der Waals surface area contributed by atoms with Crippen molar-refractivity contribution in [2.45, 2.75) is 20.5 Å². The van der Waals surface area contributed by atoms with E-state index in [0.29, 0.717) is 17.9 Å². The fourth-order valence-corrected chi connectivity index (χ4v) is 2.97. The highest BCUT2D eigenvalue weighted by atomic mass is 16.5. The molecule has 28 heavy (non-hydrogen) atoms. The topological polar surface area (TPSA) is 55.6 Å². The maximum atomic E-state index is 12.4. The van der Waals surface area contributed by atoms with Gasteiger partial charge in [0.05, 0.1) is 5.69 Å². The number of nitrogens with zero attached hydrogens (tertiary/aromatic N) is 2. The fourth-order valence-electron chi connectivity index (χ4n) is 2.97. The van der Waals surface area contributed by atoms with Crippen LogP contribution in [-0.4, -0.2) is 15.3 Å². The minimum Gasteiger partial charge on any atom is -0.487 e. The Morgan fingerprint density at radius 1 is 1.04 bits per heavy atom. The average molecular weight is 371 g/mol. The first-order chi connectivity index (χ1) is 13.6. The summed E-state index contributed by atoms with van der Waals surface area (Å²) in [6.45, 7) is 4.42. The van der Waals surface area contributed by atoms with Crippen LogP contribution in [0.15, 0.2) is 73.1 Å². The molecule has 1 N–H and O–H groups in total. The Bertz CT molecular complexity index is 1110. The Balaban J connectivity index is 1.39. The average Bonchev–Trinajstić information content (AvgIpc) is 3.13. The van der Waals surface area contributed by atoms with Gasteiger partial charge in [-0.25, -0.2) is 4.98 Å². The van der Waals surface area contributed by atoms with Crippen molar-refractivity contribution in [3.05, 3.63) is 95.4 Å². The van der Waals surface area contributed by atoms with Crippen LogP contribution in [0, 0.1) is 13.8 Å². The number of aromatic nitrogens is 2. The normalized spacial score (nSPS) is 10.8. The van der Waals surface area contributed by atoms with E-state index >= 15 is 0 Å². The van der Waals surface area contributed by atoms with Crippen LogP contribution in [0.2, 0.25) is 0 Å². The van der Waals surface area contributed by atoms with Gasteiger partial charge in [0, 0.05) is 23.6 Å². The molecule has 0 fully saturated rings. The quantitative estimate of drug-likeness (QED) is 0.549. The molecule has 2 heterocycles. The van der Waals surface area contributed by atoms with E-state index in [9.17, 15) is 4.79 Å². The van der Waals surface area contributed by atoms with E-state index in [2.05, 4.69) is 10.3 Å². The number of anilines is 1. The van der Waals surface area contributed by atoms with E-state index in [1.54, 1.807) is 24.3 Å². The number of fused-ring (bicyclic) bond motifs is 1. The smallest absolute Gasteiger partial charge is 0.255 e. The number of nitrogens with one attached hydrogen (secondary N) is 1. The van der Waals surface area contributed by atoms with E-state index in [1.807, 2.05) is 67.0 Å². The van der Waals surface area contributed by atoms with Crippen LogP contribution >= 0.6 is 0 Å². The van der Waals surface area contributed by atoms with E-state index in [1.165, 1.54) is 0 Å². The van der Waals surface area contributed by atoms with Crippen molar-refractivity contribution in [1.82, 2.24) is 9.38 Å². The molecular weight excluding hydrogens is 350 g/mol. The zero-order valence-corrected chi connectivity index (χ0v) is 15.8. The molecule has 140 valence electrons. The number of pyridine rings is 1. The Kier molecular flexibility index (Phi) is 4.81. The fraction of sp³-hybridized carbons (Fsp3) is 0.130. The third kappa shape index (κ3) is 3.88. The molecule has 2 aromatic carbocycles. The molecule has 0 bridgehead atoms. The lowest BCUT2D eigenvalue weighted by molar-refractivity contribution is 0.102. The number of hydrogen-bond acceptors (Lipinski definition) is 3. The molecule has 4 rings (SSSR count). The first-order valence-corrected chi connectivity index (χ1v) is 9.12. The number of imidazole rings is 1. The van der Waals surface area contributed by atoms with Gasteiger partial charge < -0.3 is 14.5 Å². The zero-order valence-electron chi connectivity index (χ0n) is 15.8. The summed E-state index contributed by atoms with van der Waals surface area (Å²) >= 11 is 0. The highest BCUT2D eigenvalue weighted by Crippen LogP contribution is 2.17. The standard InChI is InChI=1S/C23H21N3O2/c1-16-5-9-19(10-6-16)25-23(27)18-7-11-21(12-8-18)28-15-20-14-26-13-3-4-17(2)22(26)24-20/h3-14H,15H2,1-2H3,(H,25,27). The number of aryl methyl sites for hydroxylation is 2. The number of carbonyl (C=O) groups excluding carboxylic acids is 1.